The predicted molar refractivity (Wildman–Crippen MR) is 111 cm³/mol. The molecule has 3 saturated carbocycles. The van der Waals surface area contributed by atoms with Crippen LogP contribution in [0.1, 0.15) is 48.2 Å². The Kier molecular flexibility index (Phi) is 6.43. The average molecular weight is 499 g/mol. The first-order valence-electron chi connectivity index (χ1n) is 10.8. The summed E-state index contributed by atoms with van der Waals surface area (Å²) in [6.07, 6.45) is -3.36. The number of ether oxygens (including phenoxy) is 1. The van der Waals surface area contributed by atoms with Crippen LogP contribution >= 0.6 is 0 Å². The van der Waals surface area contributed by atoms with Crippen LogP contribution in [0.5, 0.6) is 5.75 Å². The van der Waals surface area contributed by atoms with Crippen molar-refractivity contribution in [1.29, 1.82) is 0 Å². The molecule has 1 aromatic heterocycles. The Morgan fingerprint density at radius 3 is 2.34 bits per heavy atom. The molecule has 0 saturated heterocycles. The molecule has 188 valence electrons. The lowest BCUT2D eigenvalue weighted by Gasteiger charge is -2.56. The molecule has 0 aliphatic heterocycles. The lowest BCUT2D eigenvalue weighted by Crippen LogP contribution is -2.70. The normalized spacial score (nSPS) is 25.7. The maximum atomic E-state index is 13.3. The quantitative estimate of drug-likeness (QED) is 0.531. The summed E-state index contributed by atoms with van der Waals surface area (Å²) in [6, 6.07) is 4.64. The highest BCUT2D eigenvalue weighted by molar-refractivity contribution is 5.93. The number of alkyl halides is 3. The monoisotopic (exact) mass is 499 g/mol. The zero-order valence-electron chi connectivity index (χ0n) is 18.3. The summed E-state index contributed by atoms with van der Waals surface area (Å²) in [4.78, 5) is 28.6. The van der Waals surface area contributed by atoms with E-state index >= 15 is 0 Å². The van der Waals surface area contributed by atoms with Crippen LogP contribution in [0.25, 0.3) is 0 Å². The van der Waals surface area contributed by atoms with Gasteiger partial charge in [-0.2, -0.15) is 13.2 Å². The van der Waals surface area contributed by atoms with Crippen LogP contribution in [-0.2, 0) is 11.0 Å². The maximum Gasteiger partial charge on any atom is 0.417 e. The molecule has 0 spiro atoms. The number of carbonyl (C=O) groups is 2. The molecule has 7 nitrogen and oxygen atoms in total. The van der Waals surface area contributed by atoms with Crippen LogP contribution in [0.15, 0.2) is 36.5 Å². The summed E-state index contributed by atoms with van der Waals surface area (Å²) in [5.41, 5.74) is -2.90. The van der Waals surface area contributed by atoms with E-state index in [1.165, 1.54) is 6.07 Å². The minimum Gasteiger partial charge on any atom is -0.484 e. The Morgan fingerprint density at radius 1 is 1.06 bits per heavy atom. The Morgan fingerprint density at radius 2 is 1.77 bits per heavy atom. The van der Waals surface area contributed by atoms with Crippen molar-refractivity contribution in [1.82, 2.24) is 15.6 Å². The number of aliphatic hydroxyl groups is 1. The van der Waals surface area contributed by atoms with Gasteiger partial charge in [0, 0.05) is 17.8 Å². The fourth-order valence-electron chi connectivity index (χ4n) is 4.70. The minimum atomic E-state index is -4.57. The van der Waals surface area contributed by atoms with Gasteiger partial charge in [0.25, 0.3) is 11.8 Å². The minimum absolute atomic E-state index is 0.0116. The van der Waals surface area contributed by atoms with Gasteiger partial charge in [-0.05, 0) is 56.4 Å². The van der Waals surface area contributed by atoms with Crippen molar-refractivity contribution in [3.63, 3.8) is 0 Å². The van der Waals surface area contributed by atoms with Crippen LogP contribution < -0.4 is 15.4 Å². The van der Waals surface area contributed by atoms with Gasteiger partial charge in [0.1, 0.15) is 11.4 Å². The van der Waals surface area contributed by atoms with Gasteiger partial charge in [-0.1, -0.05) is 0 Å². The van der Waals surface area contributed by atoms with Crippen molar-refractivity contribution < 1.29 is 41.4 Å². The molecule has 3 N–H and O–H groups in total. The SMILES string of the molecule is O=C(COc1ccc(F)c(F)c1)NC12CCC(NC(=O)c3ccc(C(F)(F)F)cn3)(CC1)C(O)C2. The number of carbonyl (C=O) groups excluding carboxylic acids is 2. The van der Waals surface area contributed by atoms with Gasteiger partial charge in [-0.25, -0.2) is 8.78 Å². The van der Waals surface area contributed by atoms with E-state index in [0.717, 1.165) is 24.3 Å². The molecule has 1 heterocycles. The number of hydrogen-bond acceptors (Lipinski definition) is 5. The zero-order chi connectivity index (χ0) is 25.4. The Bertz CT molecular complexity index is 1120. The third-order valence-corrected chi connectivity index (χ3v) is 6.67. The van der Waals surface area contributed by atoms with E-state index < -0.39 is 59.0 Å². The van der Waals surface area contributed by atoms with Crippen LogP contribution in [0, 0.1) is 11.6 Å². The number of pyridine rings is 1. The number of nitrogens with one attached hydrogen (secondary N) is 2. The Labute approximate surface area is 196 Å². The van der Waals surface area contributed by atoms with Crippen molar-refractivity contribution in [2.24, 2.45) is 0 Å². The molecule has 0 radical (unpaired) electrons. The second kappa shape index (κ2) is 9.06. The number of rotatable bonds is 6. The zero-order valence-corrected chi connectivity index (χ0v) is 18.3. The topological polar surface area (TPSA) is 101 Å². The van der Waals surface area contributed by atoms with Gasteiger partial charge in [-0.3, -0.25) is 14.6 Å². The van der Waals surface area contributed by atoms with Crippen molar-refractivity contribution in [3.8, 4) is 5.75 Å². The van der Waals surface area contributed by atoms with E-state index in [0.29, 0.717) is 31.9 Å². The van der Waals surface area contributed by atoms with Crippen LogP contribution in [-0.4, -0.2) is 45.7 Å². The van der Waals surface area contributed by atoms with Crippen molar-refractivity contribution in [3.05, 3.63) is 59.4 Å². The van der Waals surface area contributed by atoms with Crippen molar-refractivity contribution in [2.45, 2.75) is 55.5 Å². The smallest absolute Gasteiger partial charge is 0.417 e. The van der Waals surface area contributed by atoms with Crippen LogP contribution in [0.2, 0.25) is 0 Å². The van der Waals surface area contributed by atoms with E-state index in [2.05, 4.69) is 15.6 Å². The first kappa shape index (κ1) is 24.8. The second-order valence-corrected chi connectivity index (χ2v) is 8.95. The number of benzene rings is 1. The number of fused-ring (bicyclic) bond motifs is 3. The third kappa shape index (κ3) is 5.21. The number of halogens is 5. The fourth-order valence-corrected chi connectivity index (χ4v) is 4.70. The molecule has 1 unspecified atom stereocenters. The molecule has 2 aromatic rings. The van der Waals surface area contributed by atoms with Crippen molar-refractivity contribution >= 4 is 11.8 Å². The molecular formula is C23H22F5N3O4. The van der Waals surface area contributed by atoms with Gasteiger partial charge in [0.15, 0.2) is 18.2 Å². The van der Waals surface area contributed by atoms with Gasteiger partial charge in [0.05, 0.1) is 17.2 Å². The Balaban J connectivity index is 1.34. The first-order valence-corrected chi connectivity index (χ1v) is 10.8. The molecule has 1 aromatic carbocycles. The summed E-state index contributed by atoms with van der Waals surface area (Å²) < 4.78 is 69.6. The molecule has 12 heteroatoms. The van der Waals surface area contributed by atoms with Gasteiger partial charge in [0.2, 0.25) is 0 Å². The van der Waals surface area contributed by atoms with E-state index in [-0.39, 0.29) is 17.9 Å². The van der Waals surface area contributed by atoms with Crippen LogP contribution in [0.4, 0.5) is 22.0 Å². The van der Waals surface area contributed by atoms with E-state index in [9.17, 15) is 36.6 Å². The number of aliphatic hydroxyl groups excluding tert-OH is 1. The number of aromatic nitrogens is 1. The summed E-state index contributed by atoms with van der Waals surface area (Å²) >= 11 is 0. The van der Waals surface area contributed by atoms with Crippen LogP contribution in [0.3, 0.4) is 0 Å². The summed E-state index contributed by atoms with van der Waals surface area (Å²) in [5.74, 6) is -3.36. The summed E-state index contributed by atoms with van der Waals surface area (Å²) in [6.45, 7) is -0.440. The molecule has 1 atom stereocenters. The molecule has 2 amide bonds. The third-order valence-electron chi connectivity index (χ3n) is 6.67. The van der Waals surface area contributed by atoms with E-state index in [1.807, 2.05) is 0 Å². The van der Waals surface area contributed by atoms with Crippen molar-refractivity contribution in [2.75, 3.05) is 6.61 Å². The molecule has 3 aliphatic rings. The highest BCUT2D eigenvalue weighted by atomic mass is 19.4. The van der Waals surface area contributed by atoms with Gasteiger partial charge in [-0.15, -0.1) is 0 Å². The van der Waals surface area contributed by atoms with Gasteiger partial charge < -0.3 is 20.5 Å². The maximum absolute atomic E-state index is 13.3. The summed E-state index contributed by atoms with van der Waals surface area (Å²) in [5, 5.41) is 16.4. The fraction of sp³-hybridized carbons (Fsp3) is 0.435. The highest BCUT2D eigenvalue weighted by Crippen LogP contribution is 2.47. The molecular weight excluding hydrogens is 477 g/mol. The highest BCUT2D eigenvalue weighted by Gasteiger charge is 2.55. The lowest BCUT2D eigenvalue weighted by atomic mass is 9.60. The van der Waals surface area contributed by atoms with E-state index in [1.54, 1.807) is 0 Å². The first-order chi connectivity index (χ1) is 16.4. The van der Waals surface area contributed by atoms with Gasteiger partial charge >= 0.3 is 6.18 Å². The molecule has 3 aliphatic carbocycles. The standard InChI is InChI=1S/C23H22F5N3O4/c24-15-3-2-14(9-16(15)25)35-12-19(33)30-21-5-7-22(8-6-21,18(32)10-21)31-20(34)17-4-1-13(11-29-17)23(26,27)28/h1-4,9,11,18,32H,5-8,10,12H2,(H,30,33)(H,31,34). The predicted octanol–water partition coefficient (Wildman–Crippen LogP) is 3.12. The number of amides is 2. The summed E-state index contributed by atoms with van der Waals surface area (Å²) in [7, 11) is 0. The molecule has 2 bridgehead atoms. The molecule has 3 fully saturated rings. The largest absolute Gasteiger partial charge is 0.484 e. The average Bonchev–Trinajstić information content (AvgIpc) is 2.80. The second-order valence-electron chi connectivity index (χ2n) is 8.95. The number of nitrogens with zero attached hydrogens (tertiary/aromatic N) is 1. The van der Waals surface area contributed by atoms with E-state index in [4.69, 9.17) is 4.74 Å². The molecule has 35 heavy (non-hydrogen) atoms. The lowest BCUT2D eigenvalue weighted by molar-refractivity contribution is -0.137. The molecule has 5 rings (SSSR count). The number of hydrogen-bond donors (Lipinski definition) is 3. The Hall–Kier alpha value is -3.28.